The number of aromatic nitrogens is 1. The molecule has 152 valence electrons. The van der Waals surface area contributed by atoms with Gasteiger partial charge in [-0.05, 0) is 42.5 Å². The zero-order valence-corrected chi connectivity index (χ0v) is 17.9. The first kappa shape index (κ1) is 21.0. The van der Waals surface area contributed by atoms with Crippen molar-refractivity contribution < 1.29 is 18.5 Å². The van der Waals surface area contributed by atoms with E-state index in [1.54, 1.807) is 49.6 Å². The van der Waals surface area contributed by atoms with E-state index >= 15 is 0 Å². The van der Waals surface area contributed by atoms with Crippen LogP contribution in [0.15, 0.2) is 51.8 Å². The molecule has 0 bridgehead atoms. The second-order valence-electron chi connectivity index (χ2n) is 6.03. The first-order valence-corrected chi connectivity index (χ1v) is 10.5. The van der Waals surface area contributed by atoms with E-state index < -0.39 is 16.9 Å². The molecule has 0 spiro atoms. The summed E-state index contributed by atoms with van der Waals surface area (Å²) < 4.78 is 21.4. The lowest BCUT2D eigenvalue weighted by atomic mass is 10.2. The number of halogens is 1. The number of nitrogens with two attached hydrogens (primary N) is 1. The van der Waals surface area contributed by atoms with Crippen molar-refractivity contribution in [2.45, 2.75) is 4.90 Å². The lowest BCUT2D eigenvalue weighted by molar-refractivity contribution is 0.0953. The fourth-order valence-corrected chi connectivity index (χ4v) is 4.24. The molecule has 1 atom stereocenters. The Labute approximate surface area is 177 Å². The number of benzene rings is 2. The van der Waals surface area contributed by atoms with Crippen molar-refractivity contribution >= 4 is 49.6 Å². The number of aromatic amines is 1. The van der Waals surface area contributed by atoms with Crippen LogP contribution in [-0.2, 0) is 11.0 Å². The van der Waals surface area contributed by atoms with E-state index in [4.69, 9.17) is 10.5 Å². The third-order valence-corrected chi connectivity index (χ3v) is 5.90. The van der Waals surface area contributed by atoms with Crippen LogP contribution in [0.5, 0.6) is 5.75 Å². The summed E-state index contributed by atoms with van der Waals surface area (Å²) in [6.45, 7) is 0.474. The van der Waals surface area contributed by atoms with Crippen molar-refractivity contribution in [3.8, 4) is 5.75 Å². The Balaban J connectivity index is 1.63. The van der Waals surface area contributed by atoms with Gasteiger partial charge in [-0.15, -0.1) is 0 Å². The fraction of sp³-hybridized carbons (Fsp3) is 0.158. The quantitative estimate of drug-likeness (QED) is 0.369. The van der Waals surface area contributed by atoms with Crippen LogP contribution in [0.1, 0.15) is 20.8 Å². The van der Waals surface area contributed by atoms with Crippen LogP contribution < -0.4 is 20.5 Å². The topological polar surface area (TPSA) is 126 Å². The number of ether oxygens (including phenoxy) is 1. The second kappa shape index (κ2) is 9.21. The van der Waals surface area contributed by atoms with Gasteiger partial charge in [0.1, 0.15) is 22.4 Å². The standard InChI is InChI=1S/C19H19BrN4O4S/c1-28-13-5-2-11(3-6-13)19(26)22-8-9-23-29(27)17-14-10-12(20)4-7-15(14)24-16(17)18(21)25/h2-7,10,23-24H,8-9H2,1H3,(H2,21,25)(H,22,26). The third-order valence-electron chi connectivity index (χ3n) is 4.14. The maximum Gasteiger partial charge on any atom is 0.266 e. The van der Waals surface area contributed by atoms with Gasteiger partial charge in [0.2, 0.25) is 0 Å². The molecule has 0 aliphatic heterocycles. The molecule has 2 amide bonds. The molecule has 2 aromatic carbocycles. The van der Waals surface area contributed by atoms with Crippen molar-refractivity contribution in [1.82, 2.24) is 15.0 Å². The molecule has 8 nitrogen and oxygen atoms in total. The largest absolute Gasteiger partial charge is 0.497 e. The molecule has 1 unspecified atom stereocenters. The summed E-state index contributed by atoms with van der Waals surface area (Å²) in [5, 5.41) is 3.36. The number of fused-ring (bicyclic) bond motifs is 1. The average molecular weight is 479 g/mol. The summed E-state index contributed by atoms with van der Waals surface area (Å²) in [6, 6.07) is 12.0. The van der Waals surface area contributed by atoms with Crippen LogP contribution in [0, 0.1) is 0 Å². The Morgan fingerprint density at radius 2 is 1.90 bits per heavy atom. The molecular formula is C19H19BrN4O4S. The monoisotopic (exact) mass is 478 g/mol. The Hall–Kier alpha value is -2.69. The Bertz CT molecular complexity index is 1080. The predicted molar refractivity (Wildman–Crippen MR) is 114 cm³/mol. The first-order valence-electron chi connectivity index (χ1n) is 8.59. The molecule has 5 N–H and O–H groups in total. The molecule has 0 aliphatic carbocycles. The van der Waals surface area contributed by atoms with Gasteiger partial charge in [0, 0.05) is 34.0 Å². The highest BCUT2D eigenvalue weighted by atomic mass is 79.9. The Kier molecular flexibility index (Phi) is 6.68. The van der Waals surface area contributed by atoms with Crippen molar-refractivity contribution in [3.05, 3.63) is 58.2 Å². The van der Waals surface area contributed by atoms with Crippen LogP contribution in [-0.4, -0.2) is 41.2 Å². The molecule has 0 fully saturated rings. The zero-order valence-electron chi connectivity index (χ0n) is 15.5. The molecule has 3 rings (SSSR count). The van der Waals surface area contributed by atoms with E-state index in [0.29, 0.717) is 22.2 Å². The average Bonchev–Trinajstić information content (AvgIpc) is 3.10. The number of carbonyl (C=O) groups is 2. The van der Waals surface area contributed by atoms with Gasteiger partial charge in [0.05, 0.1) is 12.0 Å². The number of hydrogen-bond donors (Lipinski definition) is 4. The van der Waals surface area contributed by atoms with Gasteiger partial charge < -0.3 is 20.8 Å². The highest BCUT2D eigenvalue weighted by molar-refractivity contribution is 9.10. The summed E-state index contributed by atoms with van der Waals surface area (Å²) >= 11 is 3.37. The lowest BCUT2D eigenvalue weighted by Crippen LogP contribution is -2.33. The number of primary amides is 1. The molecule has 29 heavy (non-hydrogen) atoms. The number of nitrogens with one attached hydrogen (secondary N) is 3. The number of amides is 2. The minimum atomic E-state index is -1.70. The van der Waals surface area contributed by atoms with Gasteiger partial charge in [-0.1, -0.05) is 15.9 Å². The summed E-state index contributed by atoms with van der Waals surface area (Å²) in [5.74, 6) is -0.293. The number of hydrogen-bond acceptors (Lipinski definition) is 4. The van der Waals surface area contributed by atoms with Crippen LogP contribution >= 0.6 is 15.9 Å². The van der Waals surface area contributed by atoms with Gasteiger partial charge in [-0.3, -0.25) is 9.59 Å². The number of H-pyrrole nitrogens is 1. The summed E-state index contributed by atoms with van der Waals surface area (Å²) in [4.78, 5) is 27.1. The number of methoxy groups -OCH3 is 1. The van der Waals surface area contributed by atoms with Crippen LogP contribution in [0.3, 0.4) is 0 Å². The molecule has 10 heteroatoms. The van der Waals surface area contributed by atoms with Gasteiger partial charge in [0.25, 0.3) is 11.8 Å². The van der Waals surface area contributed by atoms with Gasteiger partial charge >= 0.3 is 0 Å². The van der Waals surface area contributed by atoms with Crippen LogP contribution in [0.4, 0.5) is 0 Å². The molecule has 0 aliphatic rings. The van der Waals surface area contributed by atoms with Crippen molar-refractivity contribution in [1.29, 1.82) is 0 Å². The van der Waals surface area contributed by atoms with E-state index in [0.717, 1.165) is 4.47 Å². The molecule has 0 saturated heterocycles. The van der Waals surface area contributed by atoms with Crippen molar-refractivity contribution in [2.75, 3.05) is 20.2 Å². The lowest BCUT2D eigenvalue weighted by Gasteiger charge is -2.08. The maximum atomic E-state index is 12.8. The van der Waals surface area contributed by atoms with E-state index in [1.165, 1.54) is 0 Å². The highest BCUT2D eigenvalue weighted by Crippen LogP contribution is 2.27. The molecule has 1 aromatic heterocycles. The minimum Gasteiger partial charge on any atom is -0.497 e. The normalized spacial score (nSPS) is 11.9. The molecule has 3 aromatic rings. The number of rotatable bonds is 8. The predicted octanol–water partition coefficient (Wildman–Crippen LogP) is 2.08. The zero-order chi connectivity index (χ0) is 21.0. The third kappa shape index (κ3) is 4.84. The second-order valence-corrected chi connectivity index (χ2v) is 8.18. The van der Waals surface area contributed by atoms with Gasteiger partial charge in [-0.25, -0.2) is 8.93 Å². The fourth-order valence-electron chi connectivity index (χ4n) is 2.74. The SMILES string of the molecule is COc1ccc(C(=O)NCCNS(=O)c2c(C(N)=O)[nH]c3ccc(Br)cc23)cc1. The number of carbonyl (C=O) groups excluding carboxylic acids is 2. The van der Waals surface area contributed by atoms with E-state index in [9.17, 15) is 13.8 Å². The van der Waals surface area contributed by atoms with E-state index in [1.807, 2.05) is 0 Å². The van der Waals surface area contributed by atoms with Crippen molar-refractivity contribution in [3.63, 3.8) is 0 Å². The summed E-state index contributed by atoms with van der Waals surface area (Å²) in [7, 11) is -0.149. The Morgan fingerprint density at radius 3 is 2.55 bits per heavy atom. The van der Waals surface area contributed by atoms with Crippen LogP contribution in [0.25, 0.3) is 10.9 Å². The van der Waals surface area contributed by atoms with Gasteiger partial charge in [0.15, 0.2) is 0 Å². The van der Waals surface area contributed by atoms with E-state index in [-0.39, 0.29) is 29.6 Å². The first-order chi connectivity index (χ1) is 13.9. The maximum absolute atomic E-state index is 12.8. The molecular weight excluding hydrogens is 460 g/mol. The van der Waals surface area contributed by atoms with Gasteiger partial charge in [-0.2, -0.15) is 0 Å². The highest BCUT2D eigenvalue weighted by Gasteiger charge is 2.21. The van der Waals surface area contributed by atoms with E-state index in [2.05, 4.69) is 31.0 Å². The van der Waals surface area contributed by atoms with Crippen molar-refractivity contribution in [2.24, 2.45) is 5.73 Å². The summed E-state index contributed by atoms with van der Waals surface area (Å²) in [6.07, 6.45) is 0. The molecule has 1 heterocycles. The smallest absolute Gasteiger partial charge is 0.266 e. The Morgan fingerprint density at radius 1 is 1.17 bits per heavy atom. The minimum absolute atomic E-state index is 0.0891. The van der Waals surface area contributed by atoms with Crippen LogP contribution in [0.2, 0.25) is 0 Å². The molecule has 0 radical (unpaired) electrons. The summed E-state index contributed by atoms with van der Waals surface area (Å²) in [5.41, 5.74) is 6.66. The molecule has 0 saturated carbocycles.